The zero-order valence-corrected chi connectivity index (χ0v) is 16.1. The van der Waals surface area contributed by atoms with Gasteiger partial charge in [-0.2, -0.15) is 0 Å². The Bertz CT molecular complexity index is 866. The lowest BCUT2D eigenvalue weighted by Gasteiger charge is -2.21. The number of carbonyl (C=O) groups excluding carboxylic acids is 2. The van der Waals surface area contributed by atoms with E-state index in [2.05, 4.69) is 15.6 Å². The summed E-state index contributed by atoms with van der Waals surface area (Å²) in [4.78, 5) is 28.5. The number of aromatic nitrogens is 1. The maximum absolute atomic E-state index is 14.1. The summed E-state index contributed by atoms with van der Waals surface area (Å²) in [7, 11) is 0. The fraction of sp³-hybridized carbons (Fsp3) is 0.421. The highest BCUT2D eigenvalue weighted by Gasteiger charge is 2.20. The molecule has 0 aliphatic heterocycles. The monoisotopic (exact) mass is 408 g/mol. The predicted octanol–water partition coefficient (Wildman–Crippen LogP) is 3.84. The van der Waals surface area contributed by atoms with Crippen molar-refractivity contribution in [3.63, 3.8) is 0 Å². The summed E-state index contributed by atoms with van der Waals surface area (Å²) >= 11 is 1.22. The molecule has 0 saturated heterocycles. The molecule has 2 aromatic rings. The molecule has 1 aliphatic carbocycles. The molecule has 6 nitrogen and oxygen atoms in total. The highest BCUT2D eigenvalue weighted by molar-refractivity contribution is 7.13. The van der Waals surface area contributed by atoms with Crippen LogP contribution in [0.2, 0.25) is 0 Å². The minimum atomic E-state index is -1.00. The number of nitrogens with zero attached hydrogens (tertiary/aromatic N) is 1. The summed E-state index contributed by atoms with van der Waals surface area (Å²) < 4.78 is 28.2. The van der Waals surface area contributed by atoms with Crippen molar-refractivity contribution < 1.29 is 18.4 Å². The van der Waals surface area contributed by atoms with Gasteiger partial charge in [0.2, 0.25) is 5.91 Å². The van der Waals surface area contributed by atoms with Gasteiger partial charge in [0.25, 0.3) is 5.91 Å². The third-order valence-electron chi connectivity index (χ3n) is 4.77. The minimum absolute atomic E-state index is 0.0622. The first-order valence-corrected chi connectivity index (χ1v) is 10.1. The summed E-state index contributed by atoms with van der Waals surface area (Å²) in [6.45, 7) is 0.0622. The van der Waals surface area contributed by atoms with Crippen LogP contribution in [0.4, 0.5) is 19.6 Å². The number of anilines is 2. The van der Waals surface area contributed by atoms with Gasteiger partial charge < -0.3 is 16.4 Å². The molecule has 9 heteroatoms. The van der Waals surface area contributed by atoms with Gasteiger partial charge in [0.1, 0.15) is 11.6 Å². The first-order chi connectivity index (χ1) is 13.4. The molecule has 2 amide bonds. The van der Waals surface area contributed by atoms with E-state index in [1.165, 1.54) is 17.8 Å². The second-order valence-corrected chi connectivity index (χ2v) is 7.82. The largest absolute Gasteiger partial charge is 0.375 e. The molecule has 1 saturated carbocycles. The van der Waals surface area contributed by atoms with Crippen LogP contribution in [0.5, 0.6) is 0 Å². The number of nitrogen functional groups attached to an aromatic ring is 1. The Hall–Kier alpha value is -2.55. The molecule has 0 unspecified atom stereocenters. The Kier molecular flexibility index (Phi) is 6.56. The van der Waals surface area contributed by atoms with Gasteiger partial charge in [0.15, 0.2) is 5.13 Å². The number of thiazole rings is 1. The zero-order valence-electron chi connectivity index (χ0n) is 15.3. The summed E-state index contributed by atoms with van der Waals surface area (Å²) in [5, 5.41) is 7.01. The van der Waals surface area contributed by atoms with Crippen molar-refractivity contribution >= 4 is 34.0 Å². The van der Waals surface area contributed by atoms with Crippen molar-refractivity contribution in [2.45, 2.75) is 45.1 Å². The number of benzene rings is 1. The molecule has 1 heterocycles. The van der Waals surface area contributed by atoms with Gasteiger partial charge in [-0.05, 0) is 24.8 Å². The molecule has 0 spiro atoms. The SMILES string of the molecule is Nc1nc(CNC(=O)c2cc(NC(=O)CC3CCCCC3)c(F)cc2F)cs1. The highest BCUT2D eigenvalue weighted by Crippen LogP contribution is 2.27. The third kappa shape index (κ3) is 5.25. The average Bonchev–Trinajstić information content (AvgIpc) is 3.08. The minimum Gasteiger partial charge on any atom is -0.375 e. The Morgan fingerprint density at radius 1 is 1.18 bits per heavy atom. The topological polar surface area (TPSA) is 97.1 Å². The lowest BCUT2D eigenvalue weighted by molar-refractivity contribution is -0.117. The Labute approximate surface area is 165 Å². The van der Waals surface area contributed by atoms with Crippen molar-refractivity contribution in [1.82, 2.24) is 10.3 Å². The number of carbonyl (C=O) groups is 2. The van der Waals surface area contributed by atoms with Crippen molar-refractivity contribution in [2.24, 2.45) is 5.92 Å². The number of hydrogen-bond acceptors (Lipinski definition) is 5. The van der Waals surface area contributed by atoms with Crippen LogP contribution in [0.3, 0.4) is 0 Å². The summed E-state index contributed by atoms with van der Waals surface area (Å²) in [5.74, 6) is -2.70. The van der Waals surface area contributed by atoms with Gasteiger partial charge in [-0.1, -0.05) is 19.3 Å². The Balaban J connectivity index is 1.65. The van der Waals surface area contributed by atoms with Crippen LogP contribution < -0.4 is 16.4 Å². The van der Waals surface area contributed by atoms with Crippen LogP contribution in [0.25, 0.3) is 0 Å². The van der Waals surface area contributed by atoms with Crippen LogP contribution in [0.15, 0.2) is 17.5 Å². The number of halogens is 2. The molecule has 4 N–H and O–H groups in total. The molecular formula is C19H22F2N4O2S. The Morgan fingerprint density at radius 2 is 1.93 bits per heavy atom. The quantitative estimate of drug-likeness (QED) is 0.676. The maximum atomic E-state index is 14.1. The van der Waals surface area contributed by atoms with Gasteiger partial charge in [-0.3, -0.25) is 9.59 Å². The smallest absolute Gasteiger partial charge is 0.254 e. The predicted molar refractivity (Wildman–Crippen MR) is 104 cm³/mol. The fourth-order valence-corrected chi connectivity index (χ4v) is 3.91. The number of rotatable bonds is 6. The lowest BCUT2D eigenvalue weighted by atomic mass is 9.87. The molecule has 0 atom stereocenters. The van der Waals surface area contributed by atoms with E-state index < -0.39 is 17.5 Å². The van der Waals surface area contributed by atoms with Crippen LogP contribution in [0, 0.1) is 17.6 Å². The summed E-state index contributed by atoms with van der Waals surface area (Å²) in [6.07, 6.45) is 5.62. The summed E-state index contributed by atoms with van der Waals surface area (Å²) in [6, 6.07) is 1.63. The number of nitrogens with one attached hydrogen (secondary N) is 2. The molecule has 0 bridgehead atoms. The standard InChI is InChI=1S/C19H22F2N4O2S/c20-14-8-15(21)16(25-17(26)6-11-4-2-1-3-5-11)7-13(14)18(27)23-9-12-10-28-19(22)24-12/h7-8,10-11H,1-6,9H2,(H2,22,24)(H,23,27)(H,25,26). The van der Waals surface area contributed by atoms with E-state index in [1.807, 2.05) is 0 Å². The number of hydrogen-bond donors (Lipinski definition) is 3. The van der Waals surface area contributed by atoms with E-state index in [0.717, 1.165) is 31.7 Å². The van der Waals surface area contributed by atoms with Crippen molar-refractivity contribution in [1.29, 1.82) is 0 Å². The van der Waals surface area contributed by atoms with E-state index in [9.17, 15) is 18.4 Å². The van der Waals surface area contributed by atoms with E-state index in [4.69, 9.17) is 5.73 Å². The van der Waals surface area contributed by atoms with Gasteiger partial charge in [-0.25, -0.2) is 13.8 Å². The van der Waals surface area contributed by atoms with E-state index in [0.29, 0.717) is 23.3 Å². The van der Waals surface area contributed by atoms with Gasteiger partial charge in [-0.15, -0.1) is 11.3 Å². The van der Waals surface area contributed by atoms with Gasteiger partial charge in [0.05, 0.1) is 23.5 Å². The number of nitrogens with two attached hydrogens (primary N) is 1. The first-order valence-electron chi connectivity index (χ1n) is 9.19. The van der Waals surface area contributed by atoms with Crippen molar-refractivity contribution in [3.05, 3.63) is 40.4 Å². The molecular weight excluding hydrogens is 386 g/mol. The van der Waals surface area contributed by atoms with E-state index >= 15 is 0 Å². The second-order valence-electron chi connectivity index (χ2n) is 6.93. The molecule has 1 fully saturated rings. The van der Waals surface area contributed by atoms with Crippen molar-refractivity contribution in [3.8, 4) is 0 Å². The highest BCUT2D eigenvalue weighted by atomic mass is 32.1. The lowest BCUT2D eigenvalue weighted by Crippen LogP contribution is -2.25. The Morgan fingerprint density at radius 3 is 2.61 bits per heavy atom. The van der Waals surface area contributed by atoms with E-state index in [-0.39, 0.29) is 29.6 Å². The van der Waals surface area contributed by atoms with Gasteiger partial charge >= 0.3 is 0 Å². The normalized spacial score (nSPS) is 14.6. The third-order valence-corrected chi connectivity index (χ3v) is 5.50. The van der Waals surface area contributed by atoms with Crippen molar-refractivity contribution in [2.75, 3.05) is 11.1 Å². The fourth-order valence-electron chi connectivity index (χ4n) is 3.34. The molecule has 3 rings (SSSR count). The summed E-state index contributed by atoms with van der Waals surface area (Å²) in [5.41, 5.74) is 5.51. The number of amides is 2. The van der Waals surface area contributed by atoms with E-state index in [1.54, 1.807) is 5.38 Å². The van der Waals surface area contributed by atoms with Crippen LogP contribution in [-0.4, -0.2) is 16.8 Å². The molecule has 1 aromatic heterocycles. The van der Waals surface area contributed by atoms with Crippen LogP contribution >= 0.6 is 11.3 Å². The maximum Gasteiger partial charge on any atom is 0.254 e. The molecule has 1 aromatic carbocycles. The molecule has 0 radical (unpaired) electrons. The van der Waals surface area contributed by atoms with Crippen LogP contribution in [0.1, 0.15) is 54.6 Å². The molecule has 28 heavy (non-hydrogen) atoms. The van der Waals surface area contributed by atoms with Gasteiger partial charge in [0, 0.05) is 17.9 Å². The van der Waals surface area contributed by atoms with Crippen LogP contribution in [-0.2, 0) is 11.3 Å². The molecule has 150 valence electrons. The average molecular weight is 408 g/mol. The second kappa shape index (κ2) is 9.09. The zero-order chi connectivity index (χ0) is 20.1. The molecule has 1 aliphatic rings. The first kappa shape index (κ1) is 20.2.